The lowest BCUT2D eigenvalue weighted by molar-refractivity contribution is -0.160. The molecule has 10 atom stereocenters. The highest BCUT2D eigenvalue weighted by Crippen LogP contribution is 2.68. The van der Waals surface area contributed by atoms with Crippen molar-refractivity contribution in [1.29, 1.82) is 0 Å². The van der Waals surface area contributed by atoms with Gasteiger partial charge in [0, 0.05) is 32.1 Å². The predicted octanol–water partition coefficient (Wildman–Crippen LogP) is 3.15. The van der Waals surface area contributed by atoms with Gasteiger partial charge in [-0.15, -0.1) is 0 Å². The van der Waals surface area contributed by atoms with Crippen LogP contribution in [-0.2, 0) is 38.1 Å². The van der Waals surface area contributed by atoms with E-state index in [4.69, 9.17) is 18.9 Å². The average Bonchev–Trinajstić information content (AvgIpc) is 3.57. The minimum Gasteiger partial charge on any atom is -0.461 e. The van der Waals surface area contributed by atoms with Gasteiger partial charge >= 0.3 is 17.9 Å². The molecule has 0 amide bonds. The molecule has 4 aliphatic rings. The summed E-state index contributed by atoms with van der Waals surface area (Å²) >= 11 is 0. The van der Waals surface area contributed by atoms with Gasteiger partial charge in [0.2, 0.25) is 0 Å². The number of aliphatic hydroxyl groups excluding tert-OH is 1. The number of epoxide rings is 1. The molecule has 0 aromatic heterocycles. The van der Waals surface area contributed by atoms with Crippen LogP contribution in [0.5, 0.6) is 0 Å². The first kappa shape index (κ1) is 28.7. The van der Waals surface area contributed by atoms with Gasteiger partial charge in [-0.1, -0.05) is 41.5 Å². The van der Waals surface area contributed by atoms with Crippen LogP contribution in [0.25, 0.3) is 0 Å². The Balaban J connectivity index is 1.85. The van der Waals surface area contributed by atoms with Gasteiger partial charge in [-0.25, -0.2) is 0 Å². The molecule has 0 bridgehead atoms. The number of rotatable bonds is 5. The van der Waals surface area contributed by atoms with E-state index in [1.165, 1.54) is 13.8 Å². The molecule has 4 rings (SSSR count). The monoisotopic (exact) mass is 534 g/mol. The van der Waals surface area contributed by atoms with Gasteiger partial charge in [-0.05, 0) is 42.2 Å². The van der Waals surface area contributed by atoms with Crippen molar-refractivity contribution in [1.82, 2.24) is 0 Å². The summed E-state index contributed by atoms with van der Waals surface area (Å²) in [5, 5.41) is 11.6. The summed E-state index contributed by atoms with van der Waals surface area (Å²) in [5.41, 5.74) is -2.55. The quantitative estimate of drug-likeness (QED) is 0.245. The average molecular weight is 535 g/mol. The van der Waals surface area contributed by atoms with E-state index >= 15 is 0 Å². The molecule has 1 N–H and O–H groups in total. The first-order chi connectivity index (χ1) is 17.5. The Kier molecular flexibility index (Phi) is 7.14. The third-order valence-electron chi connectivity index (χ3n) is 9.15. The van der Waals surface area contributed by atoms with Gasteiger partial charge in [0.25, 0.3) is 0 Å². The summed E-state index contributed by atoms with van der Waals surface area (Å²) in [6.45, 7) is 15.7. The standard InChI is InChI=1S/C29H42O9/c1-13(2)10-19(32)37-24-21-20(27(21,8)9)23(35-17(6)30)16(5)25(34)28-12-15(4)26(36-18(7)31)29(28,38-28)11-14(3)22(24)33/h11,13,15-16,20-24,26,33H,10,12H2,1-9H3. The SMILES string of the molecule is CC(=O)OC1C(C)C(=O)C23CC(C)C(OC(C)=O)C2(C=C(C)C(O)C(OC(=O)CC(C)C)C2C1C2(C)C)O3. The Bertz CT molecular complexity index is 1060. The predicted molar refractivity (Wildman–Crippen MR) is 135 cm³/mol. The zero-order chi connectivity index (χ0) is 28.5. The Labute approximate surface area is 224 Å². The van der Waals surface area contributed by atoms with Crippen LogP contribution in [0.3, 0.4) is 0 Å². The summed E-state index contributed by atoms with van der Waals surface area (Å²) in [4.78, 5) is 51.3. The molecule has 0 aromatic carbocycles. The molecule has 0 spiro atoms. The van der Waals surface area contributed by atoms with Gasteiger partial charge in [0.1, 0.15) is 24.4 Å². The van der Waals surface area contributed by atoms with Crippen LogP contribution < -0.4 is 0 Å². The Hall–Kier alpha value is -2.26. The maximum absolute atomic E-state index is 14.2. The second-order valence-electron chi connectivity index (χ2n) is 12.9. The molecule has 0 aromatic rings. The van der Waals surface area contributed by atoms with Crippen LogP contribution in [0, 0.1) is 35.0 Å². The minimum absolute atomic E-state index is 0.0669. The summed E-state index contributed by atoms with van der Waals surface area (Å²) in [5.74, 6) is -3.22. The fourth-order valence-corrected chi connectivity index (χ4v) is 7.41. The molecule has 9 nitrogen and oxygen atoms in total. The first-order valence-electron chi connectivity index (χ1n) is 13.7. The van der Waals surface area contributed by atoms with Crippen LogP contribution in [0.1, 0.15) is 75.2 Å². The maximum Gasteiger partial charge on any atom is 0.306 e. The topological polar surface area (TPSA) is 129 Å². The van der Waals surface area contributed by atoms with Crippen molar-refractivity contribution < 1.29 is 43.2 Å². The van der Waals surface area contributed by atoms with Crippen molar-refractivity contribution in [2.75, 3.05) is 0 Å². The second kappa shape index (κ2) is 9.44. The van der Waals surface area contributed by atoms with Crippen molar-refractivity contribution in [3.8, 4) is 0 Å². The minimum atomic E-state index is -1.27. The number of Topliss-reactive ketones (excluding diaryl/α,β-unsaturated/α-hetero) is 1. The fraction of sp³-hybridized carbons (Fsp3) is 0.793. The smallest absolute Gasteiger partial charge is 0.306 e. The molecule has 10 unspecified atom stereocenters. The van der Waals surface area contributed by atoms with Crippen molar-refractivity contribution in [2.45, 2.75) is 111 Å². The molecule has 3 fully saturated rings. The number of ether oxygens (including phenoxy) is 4. The zero-order valence-electron chi connectivity index (χ0n) is 23.9. The van der Waals surface area contributed by atoms with Crippen LogP contribution in [0.2, 0.25) is 0 Å². The third-order valence-corrected chi connectivity index (χ3v) is 9.15. The lowest BCUT2D eigenvalue weighted by Gasteiger charge is -2.28. The molecule has 38 heavy (non-hydrogen) atoms. The Morgan fingerprint density at radius 3 is 2.18 bits per heavy atom. The van der Waals surface area contributed by atoms with Gasteiger partial charge in [-0.2, -0.15) is 0 Å². The zero-order valence-corrected chi connectivity index (χ0v) is 23.9. The van der Waals surface area contributed by atoms with Crippen LogP contribution in [0.4, 0.5) is 0 Å². The van der Waals surface area contributed by atoms with Gasteiger partial charge in [0.15, 0.2) is 17.0 Å². The van der Waals surface area contributed by atoms with Crippen molar-refractivity contribution in [2.24, 2.45) is 35.0 Å². The Morgan fingerprint density at radius 2 is 1.63 bits per heavy atom. The molecule has 2 saturated carbocycles. The van der Waals surface area contributed by atoms with E-state index in [1.54, 1.807) is 19.9 Å². The summed E-state index contributed by atoms with van der Waals surface area (Å²) in [7, 11) is 0. The number of hydrogen-bond donors (Lipinski definition) is 1. The number of carbonyl (C=O) groups is 4. The van der Waals surface area contributed by atoms with Crippen molar-refractivity contribution in [3.63, 3.8) is 0 Å². The summed E-state index contributed by atoms with van der Waals surface area (Å²) in [6, 6.07) is 0. The van der Waals surface area contributed by atoms with Crippen molar-refractivity contribution >= 4 is 23.7 Å². The summed E-state index contributed by atoms with van der Waals surface area (Å²) < 4.78 is 23.7. The third kappa shape index (κ3) is 4.39. The number of ketones is 1. The van der Waals surface area contributed by atoms with Crippen LogP contribution in [-0.4, -0.2) is 64.4 Å². The highest BCUT2D eigenvalue weighted by atomic mass is 16.7. The lowest BCUT2D eigenvalue weighted by atomic mass is 9.80. The highest BCUT2D eigenvalue weighted by molar-refractivity contribution is 5.96. The molecule has 1 saturated heterocycles. The number of aliphatic hydroxyl groups is 1. The number of carbonyl (C=O) groups excluding carboxylic acids is 4. The molecule has 1 heterocycles. The molecule has 3 aliphatic carbocycles. The summed E-state index contributed by atoms with van der Waals surface area (Å²) in [6.07, 6.45) is -1.47. The molecule has 212 valence electrons. The van der Waals surface area contributed by atoms with E-state index in [-0.39, 0.29) is 35.9 Å². The van der Waals surface area contributed by atoms with E-state index < -0.39 is 64.9 Å². The van der Waals surface area contributed by atoms with E-state index in [9.17, 15) is 24.3 Å². The number of fused-ring (bicyclic) bond motifs is 1. The highest BCUT2D eigenvalue weighted by Gasteiger charge is 2.84. The normalized spacial score (nSPS) is 43.0. The number of hydrogen-bond acceptors (Lipinski definition) is 9. The first-order valence-corrected chi connectivity index (χ1v) is 13.7. The van der Waals surface area contributed by atoms with Gasteiger partial charge < -0.3 is 24.1 Å². The lowest BCUT2D eigenvalue weighted by Crippen LogP contribution is -2.43. The number of esters is 3. The molecular formula is C29H42O9. The van der Waals surface area contributed by atoms with Crippen LogP contribution in [0.15, 0.2) is 11.6 Å². The van der Waals surface area contributed by atoms with E-state index in [1.807, 2.05) is 34.6 Å². The fourth-order valence-electron chi connectivity index (χ4n) is 7.41. The van der Waals surface area contributed by atoms with Gasteiger partial charge in [-0.3, -0.25) is 19.2 Å². The van der Waals surface area contributed by atoms with Gasteiger partial charge in [0.05, 0.1) is 5.92 Å². The van der Waals surface area contributed by atoms with E-state index in [0.29, 0.717) is 12.0 Å². The Morgan fingerprint density at radius 1 is 1.05 bits per heavy atom. The van der Waals surface area contributed by atoms with E-state index in [0.717, 1.165) is 0 Å². The maximum atomic E-state index is 14.2. The van der Waals surface area contributed by atoms with E-state index in [2.05, 4.69) is 0 Å². The molecule has 0 radical (unpaired) electrons. The second-order valence-corrected chi connectivity index (χ2v) is 12.9. The molecule has 9 heteroatoms. The van der Waals surface area contributed by atoms with Crippen LogP contribution >= 0.6 is 0 Å². The van der Waals surface area contributed by atoms with Crippen molar-refractivity contribution in [3.05, 3.63) is 11.6 Å². The molecule has 1 aliphatic heterocycles. The largest absolute Gasteiger partial charge is 0.461 e. The molecular weight excluding hydrogens is 492 g/mol.